The van der Waals surface area contributed by atoms with Crippen LogP contribution in [0.15, 0.2) is 51.8 Å². The lowest BCUT2D eigenvalue weighted by atomic mass is 9.85. The van der Waals surface area contributed by atoms with E-state index in [9.17, 15) is 22.7 Å². The molecule has 3 N–H and O–H groups in total. The number of aliphatic hydroxyl groups excluding tert-OH is 1. The lowest BCUT2D eigenvalue weighted by Crippen LogP contribution is -2.37. The number of hydrogen-bond donors (Lipinski definition) is 3. The summed E-state index contributed by atoms with van der Waals surface area (Å²) in [6.07, 6.45) is 0.917. The van der Waals surface area contributed by atoms with E-state index in [0.29, 0.717) is 11.5 Å². The van der Waals surface area contributed by atoms with E-state index in [0.717, 1.165) is 90.7 Å². The van der Waals surface area contributed by atoms with E-state index in [2.05, 4.69) is 4.90 Å². The lowest BCUT2D eigenvalue weighted by molar-refractivity contribution is -0.159. The molecular weight excluding hydrogens is 538 g/mol. The van der Waals surface area contributed by atoms with Crippen molar-refractivity contribution in [2.45, 2.75) is 60.6 Å². The van der Waals surface area contributed by atoms with Gasteiger partial charge < -0.3 is 20.2 Å². The quantitative estimate of drug-likeness (QED) is 0.262. The minimum atomic E-state index is -4.41. The molecule has 0 spiro atoms. The molecule has 3 aliphatic rings. The molecule has 1 aliphatic carbocycles. The first-order valence-electron chi connectivity index (χ1n) is 12.7. The number of carboxylic acids is 2. The van der Waals surface area contributed by atoms with Crippen molar-refractivity contribution in [1.82, 2.24) is 4.90 Å². The first-order valence-corrected chi connectivity index (χ1v) is 13.5. The molecule has 0 radical (unpaired) electrons. The van der Waals surface area contributed by atoms with E-state index >= 15 is 0 Å². The summed E-state index contributed by atoms with van der Waals surface area (Å²) in [5.41, 5.74) is 2.76. The summed E-state index contributed by atoms with van der Waals surface area (Å²) < 4.78 is 54.4. The predicted octanol–water partition coefficient (Wildman–Crippen LogP) is 5.91. The third kappa shape index (κ3) is 7.20. The van der Waals surface area contributed by atoms with Gasteiger partial charge in [-0.1, -0.05) is 29.8 Å². The Morgan fingerprint density at radius 3 is 2.26 bits per heavy atom. The number of likely N-dealkylation sites (tertiary alicyclic amines) is 1. The Labute approximate surface area is 227 Å². The first-order chi connectivity index (χ1) is 18.4. The highest BCUT2D eigenvalue weighted by atomic mass is 32.2. The minimum Gasteiger partial charge on any atom is -0.473 e. The van der Waals surface area contributed by atoms with E-state index in [4.69, 9.17) is 19.8 Å². The van der Waals surface area contributed by atoms with Crippen molar-refractivity contribution in [1.29, 1.82) is 0 Å². The lowest BCUT2D eigenvalue weighted by Gasteiger charge is -2.36. The zero-order chi connectivity index (χ0) is 28.3. The maximum atomic E-state index is 14.0. The van der Waals surface area contributed by atoms with Gasteiger partial charge in [0.25, 0.3) is 0 Å². The van der Waals surface area contributed by atoms with Gasteiger partial charge in [-0.15, -0.1) is 0 Å². The van der Waals surface area contributed by atoms with Crippen molar-refractivity contribution in [2.75, 3.05) is 19.6 Å². The average molecular weight is 568 g/mol. The van der Waals surface area contributed by atoms with Crippen LogP contribution in [0, 0.1) is 11.7 Å². The molecule has 2 aromatic carbocycles. The van der Waals surface area contributed by atoms with Gasteiger partial charge in [-0.3, -0.25) is 0 Å². The van der Waals surface area contributed by atoms with Crippen LogP contribution in [0.25, 0.3) is 5.57 Å². The second-order valence-electron chi connectivity index (χ2n) is 10.0. The molecule has 1 saturated heterocycles. The summed E-state index contributed by atoms with van der Waals surface area (Å²) in [6, 6.07) is 8.46. The molecule has 2 atom stereocenters. The molecule has 5 rings (SSSR count). The number of rotatable bonds is 2. The number of aliphatic hydroxyl groups is 1. The molecule has 39 heavy (non-hydrogen) atoms. The fourth-order valence-electron chi connectivity index (χ4n) is 5.47. The van der Waals surface area contributed by atoms with E-state index in [-0.39, 0.29) is 11.9 Å². The van der Waals surface area contributed by atoms with Crippen molar-refractivity contribution in [2.24, 2.45) is 5.92 Å². The largest absolute Gasteiger partial charge is 0.473 e. The van der Waals surface area contributed by atoms with Gasteiger partial charge in [0.2, 0.25) is 0 Å². The fraction of sp³-hybridized carbons (Fsp3) is 0.429. The van der Waals surface area contributed by atoms with E-state index in [1.165, 1.54) is 36.0 Å². The number of carbonyl (C=O) groups is 2. The zero-order valence-corrected chi connectivity index (χ0v) is 21.8. The van der Waals surface area contributed by atoms with Crippen LogP contribution < -0.4 is 0 Å². The third-order valence-corrected chi connectivity index (χ3v) is 8.41. The van der Waals surface area contributed by atoms with Gasteiger partial charge in [-0.05, 0) is 85.1 Å². The smallest absolute Gasteiger partial charge is 0.416 e. The van der Waals surface area contributed by atoms with Crippen LogP contribution in [0.3, 0.4) is 0 Å². The Bertz CT molecular complexity index is 1260. The van der Waals surface area contributed by atoms with E-state index < -0.39 is 23.7 Å². The second kappa shape index (κ2) is 12.1. The summed E-state index contributed by atoms with van der Waals surface area (Å²) in [5, 5.41) is 24.8. The normalized spacial score (nSPS) is 21.4. The monoisotopic (exact) mass is 567 g/mol. The molecule has 1 saturated carbocycles. The molecule has 2 aliphatic heterocycles. The summed E-state index contributed by atoms with van der Waals surface area (Å²) in [6.45, 7) is 2.67. The molecule has 2 aromatic rings. The number of hydrogen-bond acceptors (Lipinski definition) is 5. The highest BCUT2D eigenvalue weighted by molar-refractivity contribution is 7.99. The predicted molar refractivity (Wildman–Crippen MR) is 137 cm³/mol. The van der Waals surface area contributed by atoms with Gasteiger partial charge in [-0.25, -0.2) is 14.0 Å². The molecular formula is C28H29F4NO5S. The molecule has 11 heteroatoms. The van der Waals surface area contributed by atoms with E-state index in [1.807, 2.05) is 0 Å². The SMILES string of the molecule is O=C(O)C(=O)O.O[C@@H]1CCC[C@@H](CN2CCC(=C3c4ccc(F)cc4Sc4ccc(C(F)(F)F)cc43)CC2)C1. The fourth-order valence-corrected chi connectivity index (χ4v) is 6.57. The van der Waals surface area contributed by atoms with Crippen molar-refractivity contribution >= 4 is 29.3 Å². The van der Waals surface area contributed by atoms with Crippen LogP contribution >= 0.6 is 11.8 Å². The third-order valence-electron chi connectivity index (χ3n) is 7.28. The van der Waals surface area contributed by atoms with Crippen LogP contribution in [0.4, 0.5) is 17.6 Å². The molecule has 2 fully saturated rings. The summed E-state index contributed by atoms with van der Waals surface area (Å²) in [4.78, 5) is 22.1. The van der Waals surface area contributed by atoms with Crippen LogP contribution in [-0.4, -0.2) is 57.9 Å². The average Bonchev–Trinajstić information content (AvgIpc) is 2.87. The number of halogens is 4. The van der Waals surface area contributed by atoms with Gasteiger partial charge in [0.05, 0.1) is 11.7 Å². The molecule has 0 bridgehead atoms. The van der Waals surface area contributed by atoms with Crippen molar-refractivity contribution in [3.8, 4) is 0 Å². The van der Waals surface area contributed by atoms with Crippen molar-refractivity contribution < 1.29 is 42.5 Å². The maximum absolute atomic E-state index is 14.0. The summed E-state index contributed by atoms with van der Waals surface area (Å²) in [7, 11) is 0. The molecule has 0 amide bonds. The van der Waals surface area contributed by atoms with Crippen LogP contribution in [0.5, 0.6) is 0 Å². The Balaban J connectivity index is 0.000000531. The molecule has 0 aromatic heterocycles. The van der Waals surface area contributed by atoms with Gasteiger partial charge in [0, 0.05) is 29.4 Å². The maximum Gasteiger partial charge on any atom is 0.416 e. The van der Waals surface area contributed by atoms with Crippen molar-refractivity contribution in [3.05, 3.63) is 64.5 Å². The number of carboxylic acid groups (broad SMARTS) is 2. The number of nitrogens with zero attached hydrogens (tertiary/aromatic N) is 1. The first kappa shape index (κ1) is 29.1. The second-order valence-corrected chi connectivity index (χ2v) is 11.1. The number of aliphatic carboxylic acids is 2. The number of alkyl halides is 3. The number of fused-ring (bicyclic) bond motifs is 2. The van der Waals surface area contributed by atoms with Crippen molar-refractivity contribution in [3.63, 3.8) is 0 Å². The van der Waals surface area contributed by atoms with Crippen LogP contribution in [0.2, 0.25) is 0 Å². The highest BCUT2D eigenvalue weighted by Gasteiger charge is 2.34. The van der Waals surface area contributed by atoms with Crippen LogP contribution in [0.1, 0.15) is 55.2 Å². The Kier molecular flexibility index (Phi) is 9.03. The molecule has 0 unspecified atom stereocenters. The zero-order valence-electron chi connectivity index (χ0n) is 21.0. The van der Waals surface area contributed by atoms with Gasteiger partial charge in [-0.2, -0.15) is 13.2 Å². The van der Waals surface area contributed by atoms with Gasteiger partial charge in [0.1, 0.15) is 5.82 Å². The highest BCUT2D eigenvalue weighted by Crippen LogP contribution is 2.49. The van der Waals surface area contributed by atoms with Crippen LogP contribution in [-0.2, 0) is 15.8 Å². The van der Waals surface area contributed by atoms with Gasteiger partial charge >= 0.3 is 18.1 Å². The van der Waals surface area contributed by atoms with Gasteiger partial charge in [0.15, 0.2) is 0 Å². The number of piperidine rings is 1. The minimum absolute atomic E-state index is 0.192. The Hall–Kier alpha value is -2.89. The topological polar surface area (TPSA) is 98.1 Å². The summed E-state index contributed by atoms with van der Waals surface area (Å²) >= 11 is 1.33. The Morgan fingerprint density at radius 1 is 0.949 bits per heavy atom. The van der Waals surface area contributed by atoms with E-state index in [1.54, 1.807) is 6.07 Å². The Morgan fingerprint density at radius 2 is 1.64 bits per heavy atom. The summed E-state index contributed by atoms with van der Waals surface area (Å²) in [5.74, 6) is -3.48. The molecule has 6 nitrogen and oxygen atoms in total. The molecule has 210 valence electrons. The standard InChI is InChI=1S/C26H27F4NOS.C2H2O4/c27-19-5-6-21-24(14-19)33-23-7-4-18(26(28,29)30)13-22(23)25(21)17-8-10-31(11-9-17)15-16-2-1-3-20(32)12-16;3-1(4)2(5)6/h4-7,13-14,16,20,32H,1-3,8-12,15H2;(H,3,4)(H,5,6)/t16-,20-;/m1./s1. The number of benzene rings is 2. The molecule has 2 heterocycles.